The first-order valence-electron chi connectivity index (χ1n) is 3.53. The molecule has 0 aliphatic heterocycles. The van der Waals surface area contributed by atoms with Gasteiger partial charge >= 0.3 is 0 Å². The summed E-state index contributed by atoms with van der Waals surface area (Å²) in [5.74, 6) is 0.139. The number of hydrogen-bond donors (Lipinski definition) is 3. The van der Waals surface area contributed by atoms with Gasteiger partial charge in [0.2, 0.25) is 5.88 Å². The normalized spacial score (nSPS) is 10.4. The van der Waals surface area contributed by atoms with Crippen LogP contribution < -0.4 is 5.56 Å². The largest absolute Gasteiger partial charge is 0.492 e. The molecular weight excluding hydrogens is 301 g/mol. The Labute approximate surface area is 90.8 Å². The predicted octanol–water partition coefficient (Wildman–Crippen LogP) is -0.135. The van der Waals surface area contributed by atoms with Crippen molar-refractivity contribution in [3.05, 3.63) is 20.3 Å². The number of nitrogens with one attached hydrogen (secondary N) is 2. The van der Waals surface area contributed by atoms with E-state index in [1.54, 1.807) is 22.6 Å². The maximum Gasteiger partial charge on any atom is 0.268 e. The molecule has 3 N–H and O–H groups in total. The van der Waals surface area contributed by atoms with E-state index in [9.17, 15) is 9.90 Å². The number of hydrogen-bond acceptors (Lipinski definition) is 5. The minimum absolute atomic E-state index is 0.144. The average molecular weight is 305 g/mol. The molecule has 0 fully saturated rings. The fourth-order valence-corrected chi connectivity index (χ4v) is 1.13. The summed E-state index contributed by atoms with van der Waals surface area (Å²) in [6.45, 7) is 0. The lowest BCUT2D eigenvalue weighted by molar-refractivity contribution is 0.447. The second-order valence-electron chi connectivity index (χ2n) is 2.39. The van der Waals surface area contributed by atoms with Gasteiger partial charge in [0.1, 0.15) is 9.90 Å². The van der Waals surface area contributed by atoms with Crippen molar-refractivity contribution in [2.24, 2.45) is 0 Å². The molecule has 0 radical (unpaired) electrons. The van der Waals surface area contributed by atoms with E-state index in [1.807, 2.05) is 0 Å². The average Bonchev–Trinajstić information content (AvgIpc) is 2.66. The van der Waals surface area contributed by atoms with Gasteiger partial charge in [0.05, 0.1) is 0 Å². The van der Waals surface area contributed by atoms with Gasteiger partial charge in [-0.05, 0) is 22.6 Å². The molecule has 0 aliphatic rings. The summed E-state index contributed by atoms with van der Waals surface area (Å²) in [6, 6.07) is 0. The van der Waals surface area contributed by atoms with E-state index in [4.69, 9.17) is 0 Å². The Balaban J connectivity index is 2.63. The zero-order valence-corrected chi connectivity index (χ0v) is 8.81. The van der Waals surface area contributed by atoms with Crippen LogP contribution in [0.4, 0.5) is 0 Å². The van der Waals surface area contributed by atoms with E-state index in [2.05, 4.69) is 25.1 Å². The van der Waals surface area contributed by atoms with Gasteiger partial charge in [0, 0.05) is 0 Å². The van der Waals surface area contributed by atoms with Crippen LogP contribution in [0, 0.1) is 3.57 Å². The van der Waals surface area contributed by atoms with Gasteiger partial charge in [0.25, 0.3) is 5.56 Å². The summed E-state index contributed by atoms with van der Waals surface area (Å²) < 4.78 is 0.144. The summed E-state index contributed by atoms with van der Waals surface area (Å²) in [5.41, 5.74) is -0.412. The van der Waals surface area contributed by atoms with Crippen LogP contribution in [0.2, 0.25) is 0 Å². The van der Waals surface area contributed by atoms with Crippen molar-refractivity contribution in [3.8, 4) is 17.5 Å². The highest BCUT2D eigenvalue weighted by Crippen LogP contribution is 2.14. The predicted molar refractivity (Wildman–Crippen MR) is 54.6 cm³/mol. The molecule has 0 aliphatic carbocycles. The van der Waals surface area contributed by atoms with Crippen LogP contribution in [-0.4, -0.2) is 30.3 Å². The van der Waals surface area contributed by atoms with Crippen molar-refractivity contribution in [2.45, 2.75) is 0 Å². The Morgan fingerprint density at radius 1 is 1.43 bits per heavy atom. The van der Waals surface area contributed by atoms with Crippen molar-refractivity contribution in [1.82, 2.24) is 25.1 Å². The van der Waals surface area contributed by atoms with Crippen LogP contribution in [0.15, 0.2) is 11.1 Å². The first-order valence-corrected chi connectivity index (χ1v) is 4.61. The first kappa shape index (κ1) is 9.12. The smallest absolute Gasteiger partial charge is 0.268 e. The molecule has 2 heterocycles. The standard InChI is InChI=1S/C6H4IN5O2/c7-2-5(13)10-4(11-6(2)14)3-8-1-9-12-3/h1H,(H,8,9,12)(H2,10,11,13,14). The van der Waals surface area contributed by atoms with Crippen molar-refractivity contribution >= 4 is 22.6 Å². The van der Waals surface area contributed by atoms with E-state index >= 15 is 0 Å². The Morgan fingerprint density at radius 2 is 2.21 bits per heavy atom. The van der Waals surface area contributed by atoms with Gasteiger partial charge in [0.15, 0.2) is 11.6 Å². The fourth-order valence-electron chi connectivity index (χ4n) is 0.879. The second kappa shape index (κ2) is 3.36. The molecule has 0 bridgehead atoms. The molecule has 2 rings (SSSR count). The van der Waals surface area contributed by atoms with Crippen LogP contribution in [0.5, 0.6) is 5.88 Å². The van der Waals surface area contributed by atoms with E-state index in [0.29, 0.717) is 5.82 Å². The molecule has 7 nitrogen and oxygen atoms in total. The maximum absolute atomic E-state index is 11.2. The van der Waals surface area contributed by atoms with Crippen molar-refractivity contribution in [3.63, 3.8) is 0 Å². The number of nitrogens with zero attached hydrogens (tertiary/aromatic N) is 3. The van der Waals surface area contributed by atoms with E-state index in [-0.39, 0.29) is 15.3 Å². The van der Waals surface area contributed by atoms with Gasteiger partial charge in [-0.25, -0.2) is 4.98 Å². The van der Waals surface area contributed by atoms with E-state index in [0.717, 1.165) is 0 Å². The summed E-state index contributed by atoms with van der Waals surface area (Å²) in [5, 5.41) is 15.4. The SMILES string of the molecule is O=c1[nH]c(-c2ncn[nH]2)nc(O)c1I. The lowest BCUT2D eigenvalue weighted by Gasteiger charge is -1.97. The number of halogens is 1. The monoisotopic (exact) mass is 305 g/mol. The van der Waals surface area contributed by atoms with Crippen LogP contribution in [0.3, 0.4) is 0 Å². The number of H-pyrrole nitrogens is 2. The molecule has 0 amide bonds. The number of rotatable bonds is 1. The van der Waals surface area contributed by atoms with Crippen LogP contribution in [0.1, 0.15) is 0 Å². The summed E-state index contributed by atoms with van der Waals surface area (Å²) in [6.07, 6.45) is 1.28. The van der Waals surface area contributed by atoms with Gasteiger partial charge < -0.3 is 10.1 Å². The van der Waals surface area contributed by atoms with E-state index in [1.165, 1.54) is 6.33 Å². The number of aromatic nitrogens is 5. The van der Waals surface area contributed by atoms with Gasteiger partial charge in [-0.3, -0.25) is 9.89 Å². The first-order chi connectivity index (χ1) is 6.68. The van der Waals surface area contributed by atoms with Crippen LogP contribution >= 0.6 is 22.6 Å². The van der Waals surface area contributed by atoms with Crippen molar-refractivity contribution in [2.75, 3.05) is 0 Å². The molecule has 2 aromatic rings. The zero-order chi connectivity index (χ0) is 10.1. The molecule has 0 saturated heterocycles. The molecule has 14 heavy (non-hydrogen) atoms. The van der Waals surface area contributed by atoms with Gasteiger partial charge in [-0.2, -0.15) is 10.1 Å². The van der Waals surface area contributed by atoms with Gasteiger partial charge in [-0.1, -0.05) is 0 Å². The van der Waals surface area contributed by atoms with Crippen LogP contribution in [-0.2, 0) is 0 Å². The summed E-state index contributed by atoms with van der Waals surface area (Å²) in [7, 11) is 0. The molecular formula is C6H4IN5O2. The third-order valence-corrected chi connectivity index (χ3v) is 2.46. The summed E-state index contributed by atoms with van der Waals surface area (Å²) in [4.78, 5) is 21.2. The molecule has 8 heteroatoms. The molecule has 0 aromatic carbocycles. The molecule has 0 unspecified atom stereocenters. The molecule has 0 spiro atoms. The van der Waals surface area contributed by atoms with Gasteiger partial charge in [-0.15, -0.1) is 0 Å². The zero-order valence-electron chi connectivity index (χ0n) is 6.65. The van der Waals surface area contributed by atoms with Crippen molar-refractivity contribution in [1.29, 1.82) is 0 Å². The summed E-state index contributed by atoms with van der Waals surface area (Å²) >= 11 is 1.70. The molecule has 72 valence electrons. The lowest BCUT2D eigenvalue weighted by atomic mass is 10.5. The Morgan fingerprint density at radius 3 is 2.79 bits per heavy atom. The topological polar surface area (TPSA) is 108 Å². The minimum Gasteiger partial charge on any atom is -0.492 e. The Hall–Kier alpha value is -1.45. The highest BCUT2D eigenvalue weighted by molar-refractivity contribution is 14.1. The highest BCUT2D eigenvalue weighted by atomic mass is 127. The molecule has 0 saturated carbocycles. The maximum atomic E-state index is 11.2. The van der Waals surface area contributed by atoms with Crippen molar-refractivity contribution < 1.29 is 5.11 Å². The molecule has 0 atom stereocenters. The van der Waals surface area contributed by atoms with E-state index < -0.39 is 5.56 Å². The lowest BCUT2D eigenvalue weighted by Crippen LogP contribution is -2.12. The third-order valence-electron chi connectivity index (χ3n) is 1.48. The number of aromatic hydroxyl groups is 1. The fraction of sp³-hybridized carbons (Fsp3) is 0. The minimum atomic E-state index is -0.412. The molecule has 2 aromatic heterocycles. The second-order valence-corrected chi connectivity index (χ2v) is 3.46. The Kier molecular flexibility index (Phi) is 2.19. The highest BCUT2D eigenvalue weighted by Gasteiger charge is 2.10. The third kappa shape index (κ3) is 1.47. The quantitative estimate of drug-likeness (QED) is 0.636. The Bertz CT molecular complexity index is 505. The van der Waals surface area contributed by atoms with Crippen LogP contribution in [0.25, 0.3) is 11.6 Å². The number of aromatic amines is 2.